The van der Waals surface area contributed by atoms with Gasteiger partial charge in [-0.25, -0.2) is 0 Å². The number of fused-ring (bicyclic) bond motifs is 7. The van der Waals surface area contributed by atoms with Crippen molar-refractivity contribution in [1.29, 1.82) is 0 Å². The van der Waals surface area contributed by atoms with E-state index in [1.54, 1.807) is 0 Å². The molecule has 0 spiro atoms. The summed E-state index contributed by atoms with van der Waals surface area (Å²) in [5.74, 6) is 0. The molecule has 4 aromatic carbocycles. The molecule has 2 aliphatic carbocycles. The summed E-state index contributed by atoms with van der Waals surface area (Å²) in [6, 6.07) is 23.1. The van der Waals surface area contributed by atoms with Gasteiger partial charge in [0, 0.05) is 5.41 Å². The molecule has 0 saturated heterocycles. The summed E-state index contributed by atoms with van der Waals surface area (Å²) < 4.78 is 0. The molecule has 2 N–H and O–H groups in total. The molecular weight excluding hydrogens is 362 g/mol. The largest absolute Gasteiger partial charge is 0.318 e. The normalized spacial score (nSPS) is 20.1. The second kappa shape index (κ2) is 5.42. The van der Waals surface area contributed by atoms with Crippen LogP contribution in [0.1, 0.15) is 54.2 Å². The van der Waals surface area contributed by atoms with Gasteiger partial charge in [0.25, 0.3) is 0 Å². The standard InChI is InChI=1S/C29H27N/c1-16-6-8-20-22-12-19-15-27-23(21-9-7-17(2)11-26(21)29(27,5)30)13-18(19)14-25(22)28(3,4)24(20)10-16/h6-15H,30H2,1-5H3. The molecule has 1 nitrogen and oxygen atoms in total. The number of hydrogen-bond donors (Lipinski definition) is 1. The van der Waals surface area contributed by atoms with Crippen molar-refractivity contribution < 1.29 is 0 Å². The smallest absolute Gasteiger partial charge is 0.0649 e. The molecule has 0 radical (unpaired) electrons. The van der Waals surface area contributed by atoms with Crippen LogP contribution < -0.4 is 5.73 Å². The molecule has 0 aromatic heterocycles. The predicted molar refractivity (Wildman–Crippen MR) is 127 cm³/mol. The monoisotopic (exact) mass is 389 g/mol. The van der Waals surface area contributed by atoms with Crippen LogP contribution in [-0.2, 0) is 11.0 Å². The Morgan fingerprint density at radius 2 is 0.967 bits per heavy atom. The highest BCUT2D eigenvalue weighted by Crippen LogP contribution is 2.52. The van der Waals surface area contributed by atoms with Crippen molar-refractivity contribution in [3.8, 4) is 22.3 Å². The van der Waals surface area contributed by atoms with Crippen LogP contribution in [0.15, 0.2) is 60.7 Å². The van der Waals surface area contributed by atoms with Crippen molar-refractivity contribution in [2.45, 2.75) is 45.6 Å². The Labute approximate surface area is 178 Å². The summed E-state index contributed by atoms with van der Waals surface area (Å²) in [5, 5.41) is 2.58. The summed E-state index contributed by atoms with van der Waals surface area (Å²) in [5.41, 5.74) is 19.7. The van der Waals surface area contributed by atoms with Gasteiger partial charge in [0.15, 0.2) is 0 Å². The van der Waals surface area contributed by atoms with Crippen LogP contribution in [0.3, 0.4) is 0 Å². The van der Waals surface area contributed by atoms with E-state index in [1.165, 1.54) is 66.4 Å². The van der Waals surface area contributed by atoms with E-state index in [2.05, 4.69) is 95.3 Å². The fourth-order valence-electron chi connectivity index (χ4n) is 5.76. The molecule has 30 heavy (non-hydrogen) atoms. The zero-order valence-corrected chi connectivity index (χ0v) is 18.4. The average molecular weight is 390 g/mol. The number of nitrogens with two attached hydrogens (primary N) is 1. The van der Waals surface area contributed by atoms with Gasteiger partial charge in [-0.2, -0.15) is 0 Å². The summed E-state index contributed by atoms with van der Waals surface area (Å²) in [4.78, 5) is 0. The molecular formula is C29H27N. The Morgan fingerprint density at radius 3 is 1.60 bits per heavy atom. The first-order valence-electron chi connectivity index (χ1n) is 10.8. The van der Waals surface area contributed by atoms with E-state index in [9.17, 15) is 0 Å². The molecule has 0 fully saturated rings. The van der Waals surface area contributed by atoms with E-state index >= 15 is 0 Å². The molecule has 0 amide bonds. The van der Waals surface area contributed by atoms with Crippen molar-refractivity contribution in [1.82, 2.24) is 0 Å². The van der Waals surface area contributed by atoms with E-state index in [0.717, 1.165) is 0 Å². The van der Waals surface area contributed by atoms with Crippen LogP contribution in [-0.4, -0.2) is 0 Å². The van der Waals surface area contributed by atoms with E-state index in [0.29, 0.717) is 0 Å². The van der Waals surface area contributed by atoms with Gasteiger partial charge in [-0.1, -0.05) is 61.4 Å². The minimum absolute atomic E-state index is 0.0152. The first kappa shape index (κ1) is 17.9. The Kier molecular flexibility index (Phi) is 3.23. The minimum atomic E-state index is -0.460. The van der Waals surface area contributed by atoms with E-state index in [4.69, 9.17) is 5.73 Å². The first-order chi connectivity index (χ1) is 14.2. The van der Waals surface area contributed by atoms with Crippen LogP contribution in [0.5, 0.6) is 0 Å². The summed E-state index contributed by atoms with van der Waals surface area (Å²) >= 11 is 0. The second-order valence-corrected chi connectivity index (χ2v) is 10.1. The SMILES string of the molecule is Cc1ccc2c(c1)C(C)(C)c1cc3cc4c(cc3cc1-2)C(C)(N)c1cc(C)ccc1-4. The van der Waals surface area contributed by atoms with E-state index in [-0.39, 0.29) is 5.41 Å². The lowest BCUT2D eigenvalue weighted by Crippen LogP contribution is -2.31. The van der Waals surface area contributed by atoms with Crippen molar-refractivity contribution in [3.63, 3.8) is 0 Å². The van der Waals surface area contributed by atoms with Gasteiger partial charge < -0.3 is 5.73 Å². The van der Waals surface area contributed by atoms with Crippen molar-refractivity contribution >= 4 is 10.8 Å². The summed E-state index contributed by atoms with van der Waals surface area (Å²) in [6.07, 6.45) is 0. The maximum Gasteiger partial charge on any atom is 0.0649 e. The third-order valence-electron chi connectivity index (χ3n) is 7.51. The van der Waals surface area contributed by atoms with Crippen LogP contribution in [0.25, 0.3) is 33.0 Å². The zero-order chi connectivity index (χ0) is 21.0. The van der Waals surface area contributed by atoms with Crippen LogP contribution in [0.4, 0.5) is 0 Å². The van der Waals surface area contributed by atoms with Gasteiger partial charge in [0.1, 0.15) is 0 Å². The van der Waals surface area contributed by atoms with Crippen molar-refractivity contribution in [2.24, 2.45) is 5.73 Å². The quantitative estimate of drug-likeness (QED) is 0.345. The maximum atomic E-state index is 6.91. The fourth-order valence-corrected chi connectivity index (χ4v) is 5.76. The highest BCUT2D eigenvalue weighted by Gasteiger charge is 2.38. The topological polar surface area (TPSA) is 26.0 Å². The molecule has 1 atom stereocenters. The fraction of sp³-hybridized carbons (Fsp3) is 0.241. The molecule has 148 valence electrons. The highest BCUT2D eigenvalue weighted by atomic mass is 14.7. The number of aryl methyl sites for hydroxylation is 2. The minimum Gasteiger partial charge on any atom is -0.318 e. The third-order valence-corrected chi connectivity index (χ3v) is 7.51. The van der Waals surface area contributed by atoms with Crippen LogP contribution in [0, 0.1) is 13.8 Å². The van der Waals surface area contributed by atoms with Crippen LogP contribution >= 0.6 is 0 Å². The van der Waals surface area contributed by atoms with Gasteiger partial charge in [-0.05, 0) is 100 Å². The van der Waals surface area contributed by atoms with Crippen molar-refractivity contribution in [3.05, 3.63) is 94.0 Å². The first-order valence-corrected chi connectivity index (χ1v) is 10.8. The summed E-state index contributed by atoms with van der Waals surface area (Å²) in [6.45, 7) is 11.2. The maximum absolute atomic E-state index is 6.91. The highest BCUT2D eigenvalue weighted by molar-refractivity contribution is 5.98. The Balaban J connectivity index is 1.65. The molecule has 0 aliphatic heterocycles. The number of benzene rings is 4. The van der Waals surface area contributed by atoms with Gasteiger partial charge >= 0.3 is 0 Å². The Morgan fingerprint density at radius 1 is 0.533 bits per heavy atom. The molecule has 1 unspecified atom stereocenters. The van der Waals surface area contributed by atoms with E-state index in [1.807, 2.05) is 0 Å². The predicted octanol–water partition coefficient (Wildman–Crippen LogP) is 6.97. The van der Waals surface area contributed by atoms with Gasteiger partial charge in [-0.15, -0.1) is 0 Å². The lowest BCUT2D eigenvalue weighted by atomic mass is 9.81. The van der Waals surface area contributed by atoms with Gasteiger partial charge in [0.2, 0.25) is 0 Å². The lowest BCUT2D eigenvalue weighted by Gasteiger charge is -2.23. The molecule has 0 heterocycles. The Bertz CT molecular complexity index is 1290. The number of rotatable bonds is 0. The molecule has 0 saturated carbocycles. The van der Waals surface area contributed by atoms with Crippen LogP contribution in [0.2, 0.25) is 0 Å². The molecule has 2 aliphatic rings. The lowest BCUT2D eigenvalue weighted by molar-refractivity contribution is 0.621. The molecule has 6 rings (SSSR count). The van der Waals surface area contributed by atoms with Gasteiger partial charge in [-0.3, -0.25) is 0 Å². The Hall–Kier alpha value is -2.90. The molecule has 4 aromatic rings. The molecule has 0 bridgehead atoms. The molecule has 1 heteroatoms. The summed E-state index contributed by atoms with van der Waals surface area (Å²) in [7, 11) is 0. The van der Waals surface area contributed by atoms with Gasteiger partial charge in [0.05, 0.1) is 5.54 Å². The zero-order valence-electron chi connectivity index (χ0n) is 18.4. The average Bonchev–Trinajstić information content (AvgIpc) is 3.04. The number of hydrogen-bond acceptors (Lipinski definition) is 1. The van der Waals surface area contributed by atoms with E-state index < -0.39 is 5.54 Å². The van der Waals surface area contributed by atoms with Crippen molar-refractivity contribution in [2.75, 3.05) is 0 Å². The second-order valence-electron chi connectivity index (χ2n) is 10.1. The third kappa shape index (κ3) is 2.11.